The van der Waals surface area contributed by atoms with Crippen molar-refractivity contribution in [2.24, 2.45) is 0 Å². The topological polar surface area (TPSA) is 9.23 Å². The second kappa shape index (κ2) is 7.43. The Balaban J connectivity index is 3.30. The number of allylic oxidation sites excluding steroid dienone is 1. The van der Waals surface area contributed by atoms with Crippen molar-refractivity contribution in [1.29, 1.82) is 0 Å². The van der Waals surface area contributed by atoms with E-state index in [1.807, 2.05) is 0 Å². The maximum Gasteiger partial charge on any atom is 0.137 e. The highest BCUT2D eigenvalue weighted by atomic mass is 16.5. The number of methoxy groups -OCH3 is 1. The fourth-order valence-corrected chi connectivity index (χ4v) is 0.975. The zero-order chi connectivity index (χ0) is 8.53. The van der Waals surface area contributed by atoms with Crippen molar-refractivity contribution in [3.8, 4) is 0 Å². The Morgan fingerprint density at radius 2 is 2.09 bits per heavy atom. The number of ether oxygens (including phenoxy) is 1. The minimum Gasteiger partial charge on any atom is -0.493 e. The predicted molar refractivity (Wildman–Crippen MR) is 48.4 cm³/mol. The minimum atomic E-state index is 0.890. The molecule has 64 valence electrons. The van der Waals surface area contributed by atoms with Crippen LogP contribution in [0.1, 0.15) is 39.0 Å². The Labute approximate surface area is 69.8 Å². The van der Waals surface area contributed by atoms with E-state index >= 15 is 0 Å². The minimum absolute atomic E-state index is 0.890. The van der Waals surface area contributed by atoms with Gasteiger partial charge >= 0.3 is 0 Å². The van der Waals surface area contributed by atoms with Crippen molar-refractivity contribution in [3.63, 3.8) is 0 Å². The summed E-state index contributed by atoms with van der Waals surface area (Å²) < 4.78 is 5.02. The highest BCUT2D eigenvalue weighted by Crippen LogP contribution is 2.08. The maximum absolute atomic E-state index is 5.02. The van der Waals surface area contributed by atoms with Crippen molar-refractivity contribution in [2.75, 3.05) is 7.11 Å². The summed E-state index contributed by atoms with van der Waals surface area (Å²) in [7, 11) is 1.67. The molecule has 0 rings (SSSR count). The van der Waals surface area contributed by atoms with Gasteiger partial charge in [-0.1, -0.05) is 38.5 Å². The molecule has 0 fully saturated rings. The van der Waals surface area contributed by atoms with E-state index in [0.717, 1.165) is 12.2 Å². The first-order chi connectivity index (χ1) is 5.35. The second-order valence-electron chi connectivity index (χ2n) is 2.61. The number of hydrogen-bond donors (Lipinski definition) is 0. The quantitative estimate of drug-likeness (QED) is 0.324. The molecular weight excluding hydrogens is 136 g/mol. The van der Waals surface area contributed by atoms with Gasteiger partial charge in [-0.25, -0.2) is 0 Å². The SMILES string of the molecule is C=C=C(CCCCCC)OC. The van der Waals surface area contributed by atoms with Crippen LogP contribution in [-0.4, -0.2) is 7.11 Å². The van der Waals surface area contributed by atoms with Crippen molar-refractivity contribution in [3.05, 3.63) is 18.1 Å². The van der Waals surface area contributed by atoms with Crippen molar-refractivity contribution >= 4 is 0 Å². The van der Waals surface area contributed by atoms with Crippen molar-refractivity contribution < 1.29 is 4.74 Å². The average molecular weight is 154 g/mol. The molecule has 1 heteroatoms. The lowest BCUT2D eigenvalue weighted by Gasteiger charge is -2.01. The Bertz CT molecular complexity index is 132. The van der Waals surface area contributed by atoms with Gasteiger partial charge in [-0.2, -0.15) is 0 Å². The van der Waals surface area contributed by atoms with Gasteiger partial charge < -0.3 is 4.74 Å². The summed E-state index contributed by atoms with van der Waals surface area (Å²) in [4.78, 5) is 0. The number of hydrogen-bond acceptors (Lipinski definition) is 1. The van der Waals surface area contributed by atoms with Gasteiger partial charge in [0.15, 0.2) is 0 Å². The molecule has 0 aromatic carbocycles. The molecule has 0 spiro atoms. The van der Waals surface area contributed by atoms with E-state index in [2.05, 4.69) is 19.2 Å². The Morgan fingerprint density at radius 3 is 2.55 bits per heavy atom. The fourth-order valence-electron chi connectivity index (χ4n) is 0.975. The molecule has 0 heterocycles. The van der Waals surface area contributed by atoms with Crippen LogP contribution in [0.2, 0.25) is 0 Å². The highest BCUT2D eigenvalue weighted by molar-refractivity contribution is 4.87. The van der Waals surface area contributed by atoms with E-state index in [9.17, 15) is 0 Å². The van der Waals surface area contributed by atoms with E-state index in [1.54, 1.807) is 7.11 Å². The lowest BCUT2D eigenvalue weighted by molar-refractivity contribution is 0.275. The Kier molecular flexibility index (Phi) is 6.97. The van der Waals surface area contributed by atoms with Gasteiger partial charge in [-0.05, 0) is 6.42 Å². The molecule has 0 unspecified atom stereocenters. The lowest BCUT2D eigenvalue weighted by Crippen LogP contribution is -1.85. The largest absolute Gasteiger partial charge is 0.493 e. The summed E-state index contributed by atoms with van der Waals surface area (Å²) in [6.07, 6.45) is 6.05. The smallest absolute Gasteiger partial charge is 0.137 e. The molecule has 0 aromatic rings. The normalized spacial score (nSPS) is 8.91. The van der Waals surface area contributed by atoms with E-state index in [0.29, 0.717) is 0 Å². The van der Waals surface area contributed by atoms with E-state index in [4.69, 9.17) is 4.74 Å². The molecular formula is C10H18O. The van der Waals surface area contributed by atoms with Crippen LogP contribution in [0.15, 0.2) is 18.1 Å². The predicted octanol–water partition coefficient (Wildman–Crippen LogP) is 3.27. The monoisotopic (exact) mass is 154 g/mol. The molecule has 0 aliphatic carbocycles. The molecule has 0 aliphatic heterocycles. The first-order valence-corrected chi connectivity index (χ1v) is 4.28. The summed E-state index contributed by atoms with van der Waals surface area (Å²) in [5.74, 6) is 0.890. The second-order valence-corrected chi connectivity index (χ2v) is 2.61. The molecule has 0 atom stereocenters. The zero-order valence-electron chi connectivity index (χ0n) is 7.65. The number of rotatable bonds is 6. The number of unbranched alkanes of at least 4 members (excludes halogenated alkanes) is 3. The molecule has 0 amide bonds. The van der Waals surface area contributed by atoms with Gasteiger partial charge in [0.05, 0.1) is 7.11 Å². The van der Waals surface area contributed by atoms with Crippen molar-refractivity contribution in [1.82, 2.24) is 0 Å². The van der Waals surface area contributed by atoms with Crippen LogP contribution in [0.4, 0.5) is 0 Å². The first kappa shape index (κ1) is 10.3. The maximum atomic E-state index is 5.02. The van der Waals surface area contributed by atoms with E-state index in [1.165, 1.54) is 25.7 Å². The van der Waals surface area contributed by atoms with Gasteiger partial charge in [-0.3, -0.25) is 0 Å². The molecule has 0 aliphatic rings. The molecule has 0 saturated carbocycles. The van der Waals surface area contributed by atoms with Crippen LogP contribution >= 0.6 is 0 Å². The molecule has 11 heavy (non-hydrogen) atoms. The van der Waals surface area contributed by atoms with Gasteiger partial charge in [0.1, 0.15) is 5.76 Å². The zero-order valence-corrected chi connectivity index (χ0v) is 7.65. The van der Waals surface area contributed by atoms with Crippen LogP contribution in [0.5, 0.6) is 0 Å². The van der Waals surface area contributed by atoms with Crippen LogP contribution in [0.25, 0.3) is 0 Å². The summed E-state index contributed by atoms with van der Waals surface area (Å²) in [5.41, 5.74) is 2.77. The lowest BCUT2D eigenvalue weighted by atomic mass is 10.1. The Morgan fingerprint density at radius 1 is 1.36 bits per heavy atom. The third-order valence-electron chi connectivity index (χ3n) is 1.70. The van der Waals surface area contributed by atoms with Crippen molar-refractivity contribution in [2.45, 2.75) is 39.0 Å². The van der Waals surface area contributed by atoms with Crippen LogP contribution in [0.3, 0.4) is 0 Å². The van der Waals surface area contributed by atoms with E-state index < -0.39 is 0 Å². The van der Waals surface area contributed by atoms with Crippen LogP contribution in [0, 0.1) is 0 Å². The van der Waals surface area contributed by atoms with Gasteiger partial charge in [0.2, 0.25) is 0 Å². The average Bonchev–Trinajstić information content (AvgIpc) is 2.05. The summed E-state index contributed by atoms with van der Waals surface area (Å²) in [6, 6.07) is 0. The molecule has 0 saturated heterocycles. The molecule has 1 nitrogen and oxygen atoms in total. The Hall–Kier alpha value is -0.680. The highest BCUT2D eigenvalue weighted by Gasteiger charge is 1.93. The van der Waals surface area contributed by atoms with Crippen LogP contribution in [-0.2, 0) is 4.74 Å². The van der Waals surface area contributed by atoms with Gasteiger partial charge in [-0.15, -0.1) is 0 Å². The first-order valence-electron chi connectivity index (χ1n) is 4.28. The summed E-state index contributed by atoms with van der Waals surface area (Å²) >= 11 is 0. The standard InChI is InChI=1S/C10H18O/c1-4-6-7-8-9-10(5-2)11-3/h2,4,6-9H2,1,3H3. The molecule has 0 aromatic heterocycles. The molecule has 0 radical (unpaired) electrons. The third-order valence-corrected chi connectivity index (χ3v) is 1.70. The fraction of sp³-hybridized carbons (Fsp3) is 0.700. The molecule has 0 bridgehead atoms. The van der Waals surface area contributed by atoms with Gasteiger partial charge in [0.25, 0.3) is 0 Å². The summed E-state index contributed by atoms with van der Waals surface area (Å²) in [6.45, 7) is 5.75. The van der Waals surface area contributed by atoms with Crippen LogP contribution < -0.4 is 0 Å². The van der Waals surface area contributed by atoms with Gasteiger partial charge in [0, 0.05) is 6.42 Å². The molecule has 0 N–H and O–H groups in total. The van der Waals surface area contributed by atoms with E-state index in [-0.39, 0.29) is 0 Å². The summed E-state index contributed by atoms with van der Waals surface area (Å²) in [5, 5.41) is 0. The third kappa shape index (κ3) is 5.75.